The second-order valence-electron chi connectivity index (χ2n) is 2.51. The summed E-state index contributed by atoms with van der Waals surface area (Å²) in [5.41, 5.74) is 0.338. The minimum absolute atomic E-state index is 0.0927. The van der Waals surface area contributed by atoms with Gasteiger partial charge in [-0.15, -0.1) is 0 Å². The lowest BCUT2D eigenvalue weighted by Gasteiger charge is -1.99. The molecule has 0 saturated carbocycles. The monoisotopic (exact) mass is 246 g/mol. The van der Waals surface area contributed by atoms with Gasteiger partial charge in [-0.3, -0.25) is 4.68 Å². The van der Waals surface area contributed by atoms with Gasteiger partial charge in [0.25, 0.3) is 0 Å². The molecule has 1 aromatic heterocycles. The van der Waals surface area contributed by atoms with E-state index in [1.807, 2.05) is 0 Å². The fourth-order valence-electron chi connectivity index (χ4n) is 1.12. The Bertz CT molecular complexity index is 617. The number of aryl methyl sites for hydroxylation is 1. The van der Waals surface area contributed by atoms with Crippen molar-refractivity contribution in [2.45, 2.75) is 0 Å². The maximum atomic E-state index is 7.27. The van der Waals surface area contributed by atoms with E-state index in [0.29, 0.717) is 15.4 Å². The highest BCUT2D eigenvalue weighted by Gasteiger charge is 2.05. The largest absolute Gasteiger partial charge is 0.497 e. The smallest absolute Gasteiger partial charge is 0.122 e. The van der Waals surface area contributed by atoms with Crippen LogP contribution < -0.4 is 4.74 Å². The second kappa shape index (κ2) is 3.03. The van der Waals surface area contributed by atoms with Crippen molar-refractivity contribution in [3.63, 3.8) is 0 Å². The molecule has 0 N–H and O–H groups in total. The van der Waals surface area contributed by atoms with Crippen LogP contribution in [0.2, 0.25) is 0 Å². The minimum Gasteiger partial charge on any atom is -0.497 e. The average molecular weight is 247 g/mol. The number of rotatable bonds is 1. The quantitative estimate of drug-likeness (QED) is 0.773. The Hall–Kier alpha value is -1.03. The first-order valence-corrected chi connectivity index (χ1v) is 4.24. The van der Waals surface area contributed by atoms with Crippen LogP contribution in [0.4, 0.5) is 0 Å². The standard InChI is InChI=1S/C9H9BrN2O/c1-12-5-7-8(10)3-6(13-2)4-9(7)11-12/h3-5H,1-2H3/i1D3,2D3. The van der Waals surface area contributed by atoms with E-state index >= 15 is 0 Å². The average Bonchev–Trinajstić information content (AvgIpc) is 2.58. The fourth-order valence-corrected chi connectivity index (χ4v) is 1.65. The first kappa shape index (κ1) is 4.00. The molecular weight excluding hydrogens is 232 g/mol. The molecule has 0 atom stereocenters. The van der Waals surface area contributed by atoms with Crippen molar-refractivity contribution in [2.24, 2.45) is 6.98 Å². The molecule has 0 bridgehead atoms. The van der Waals surface area contributed by atoms with Crippen LogP contribution in [-0.4, -0.2) is 16.8 Å². The number of ether oxygens (including phenoxy) is 1. The number of hydrogen-bond donors (Lipinski definition) is 0. The van der Waals surface area contributed by atoms with Crippen LogP contribution in [0.25, 0.3) is 10.9 Å². The van der Waals surface area contributed by atoms with Crippen LogP contribution in [0.1, 0.15) is 8.22 Å². The third-order valence-electron chi connectivity index (χ3n) is 1.67. The van der Waals surface area contributed by atoms with E-state index in [1.165, 1.54) is 18.3 Å². The second-order valence-corrected chi connectivity index (χ2v) is 3.37. The Labute approximate surface area is 92.9 Å². The molecule has 0 fully saturated rings. The third-order valence-corrected chi connectivity index (χ3v) is 2.32. The molecule has 2 rings (SSSR count). The van der Waals surface area contributed by atoms with Gasteiger partial charge in [0.1, 0.15) is 5.75 Å². The van der Waals surface area contributed by atoms with E-state index in [2.05, 4.69) is 21.0 Å². The van der Waals surface area contributed by atoms with E-state index in [0.717, 1.165) is 4.68 Å². The van der Waals surface area contributed by atoms with Crippen molar-refractivity contribution in [2.75, 3.05) is 7.04 Å². The first-order valence-electron chi connectivity index (χ1n) is 6.45. The zero-order chi connectivity index (χ0) is 14.4. The third kappa shape index (κ3) is 1.42. The van der Waals surface area contributed by atoms with Crippen LogP contribution in [0.3, 0.4) is 0 Å². The van der Waals surface area contributed by atoms with E-state index < -0.39 is 14.0 Å². The van der Waals surface area contributed by atoms with E-state index in [-0.39, 0.29) is 5.75 Å². The van der Waals surface area contributed by atoms with Crippen molar-refractivity contribution in [3.05, 3.63) is 22.8 Å². The highest BCUT2D eigenvalue weighted by atomic mass is 79.9. The van der Waals surface area contributed by atoms with Crippen molar-refractivity contribution in [3.8, 4) is 5.75 Å². The lowest BCUT2D eigenvalue weighted by Crippen LogP contribution is -1.85. The highest BCUT2D eigenvalue weighted by molar-refractivity contribution is 9.10. The maximum absolute atomic E-state index is 7.27. The van der Waals surface area contributed by atoms with Gasteiger partial charge >= 0.3 is 0 Å². The molecule has 68 valence electrons. The molecule has 0 aliphatic carbocycles. The van der Waals surface area contributed by atoms with Crippen LogP contribution in [0.15, 0.2) is 22.8 Å². The minimum atomic E-state index is -2.57. The van der Waals surface area contributed by atoms with Crippen molar-refractivity contribution >= 4 is 26.8 Å². The Morgan fingerprint density at radius 1 is 1.62 bits per heavy atom. The van der Waals surface area contributed by atoms with Gasteiger partial charge in [-0.05, 0) is 22.0 Å². The number of benzene rings is 1. The van der Waals surface area contributed by atoms with Crippen molar-refractivity contribution in [1.29, 1.82) is 0 Å². The molecule has 0 aliphatic rings. The lowest BCUT2D eigenvalue weighted by molar-refractivity contribution is 0.415. The SMILES string of the molecule is [2H]C([2H])([2H])Oc1cc(Br)c2cn(C([2H])([2H])[2H])nc2c1. The number of fused-ring (bicyclic) bond motifs is 1. The van der Waals surface area contributed by atoms with E-state index in [9.17, 15) is 0 Å². The Balaban J connectivity index is 2.51. The van der Waals surface area contributed by atoms with Crippen molar-refractivity contribution < 1.29 is 13.0 Å². The van der Waals surface area contributed by atoms with Gasteiger partial charge in [0, 0.05) is 33.2 Å². The molecule has 0 radical (unpaired) electrons. The van der Waals surface area contributed by atoms with Crippen molar-refractivity contribution in [1.82, 2.24) is 9.78 Å². The van der Waals surface area contributed by atoms with Gasteiger partial charge in [-0.1, -0.05) is 0 Å². The zero-order valence-electron chi connectivity index (χ0n) is 12.4. The van der Waals surface area contributed by atoms with Crippen LogP contribution in [0.5, 0.6) is 5.75 Å². The van der Waals surface area contributed by atoms with Gasteiger partial charge in [0.05, 0.1) is 16.7 Å². The Morgan fingerprint density at radius 2 is 2.54 bits per heavy atom. The van der Waals surface area contributed by atoms with E-state index in [1.54, 1.807) is 0 Å². The molecule has 0 spiro atoms. The topological polar surface area (TPSA) is 27.1 Å². The number of aromatic nitrogens is 2. The summed E-state index contributed by atoms with van der Waals surface area (Å²) in [6, 6.07) is 2.84. The van der Waals surface area contributed by atoms with Gasteiger partial charge in [-0.25, -0.2) is 0 Å². The number of methoxy groups -OCH3 is 1. The van der Waals surface area contributed by atoms with Crippen LogP contribution >= 0.6 is 15.9 Å². The summed E-state index contributed by atoms with van der Waals surface area (Å²) >= 11 is 3.23. The molecule has 13 heavy (non-hydrogen) atoms. The molecule has 2 aromatic rings. The zero-order valence-corrected chi connectivity index (χ0v) is 8.00. The van der Waals surface area contributed by atoms with Gasteiger partial charge < -0.3 is 4.74 Å². The first-order chi connectivity index (χ1) is 8.56. The predicted octanol–water partition coefficient (Wildman–Crippen LogP) is 2.34. The highest BCUT2D eigenvalue weighted by Crippen LogP contribution is 2.28. The van der Waals surface area contributed by atoms with Crippen LogP contribution in [0, 0.1) is 0 Å². The summed E-state index contributed by atoms with van der Waals surface area (Å²) in [6.07, 6.45) is 1.37. The molecule has 4 heteroatoms. The number of halogens is 1. The summed E-state index contributed by atoms with van der Waals surface area (Å²) in [4.78, 5) is 0. The maximum Gasteiger partial charge on any atom is 0.122 e. The molecule has 1 heterocycles. The van der Waals surface area contributed by atoms with E-state index in [4.69, 9.17) is 13.0 Å². The number of nitrogens with zero attached hydrogens (tertiary/aromatic N) is 2. The summed E-state index contributed by atoms with van der Waals surface area (Å²) < 4.78 is 49.0. The summed E-state index contributed by atoms with van der Waals surface area (Å²) in [7, 11) is -2.57. The summed E-state index contributed by atoms with van der Waals surface area (Å²) in [5.74, 6) is 0.0927. The predicted molar refractivity (Wildman–Crippen MR) is 55.0 cm³/mol. The molecule has 3 nitrogen and oxygen atoms in total. The van der Waals surface area contributed by atoms with Gasteiger partial charge in [0.15, 0.2) is 0 Å². The Kier molecular flexibility index (Phi) is 0.933. The molecule has 0 saturated heterocycles. The van der Waals surface area contributed by atoms with Gasteiger partial charge in [0.2, 0.25) is 0 Å². The fraction of sp³-hybridized carbons (Fsp3) is 0.222. The molecule has 0 aliphatic heterocycles. The van der Waals surface area contributed by atoms with Crippen LogP contribution in [-0.2, 0) is 6.98 Å². The summed E-state index contributed by atoms with van der Waals surface area (Å²) in [5, 5.41) is 4.46. The molecular formula is C9H9BrN2O. The molecule has 1 aromatic carbocycles. The van der Waals surface area contributed by atoms with Gasteiger partial charge in [-0.2, -0.15) is 5.10 Å². The Morgan fingerprint density at radius 3 is 3.31 bits per heavy atom. The number of hydrogen-bond acceptors (Lipinski definition) is 2. The molecule has 0 unspecified atom stereocenters. The lowest BCUT2D eigenvalue weighted by atomic mass is 10.2. The molecule has 0 amide bonds. The summed E-state index contributed by atoms with van der Waals surface area (Å²) in [6.45, 7) is -2.39. The normalized spacial score (nSPS) is 19.5.